The van der Waals surface area contributed by atoms with Crippen LogP contribution in [0.3, 0.4) is 0 Å². The molecule has 0 atom stereocenters. The average molecular weight is 366 g/mol. The van der Waals surface area contributed by atoms with Crippen LogP contribution in [0.2, 0.25) is 0 Å². The third kappa shape index (κ3) is 2.36. The molecule has 10 heteroatoms. The topological polar surface area (TPSA) is 149 Å². The van der Waals surface area contributed by atoms with Crippen molar-refractivity contribution >= 4 is 31.8 Å². The average Bonchev–Trinajstić information content (AvgIpc) is 2.49. The summed E-state index contributed by atoms with van der Waals surface area (Å²) in [6, 6.07) is 6.09. The number of ketones is 2. The maximum Gasteiger partial charge on any atom is 0.195 e. The van der Waals surface area contributed by atoms with Crippen LogP contribution in [-0.2, 0) is 20.2 Å². The molecule has 0 heterocycles. The molecule has 0 N–H and O–H groups in total. The minimum absolute atomic E-state index is 0.444. The Morgan fingerprint density at radius 1 is 0.625 bits per heavy atom. The number of benzene rings is 2. The lowest BCUT2D eigenvalue weighted by molar-refractivity contribution is 0.0974. The highest BCUT2D eigenvalue weighted by Crippen LogP contribution is 2.34. The first-order valence-corrected chi connectivity index (χ1v) is 9.12. The van der Waals surface area contributed by atoms with Crippen LogP contribution in [0.4, 0.5) is 0 Å². The molecule has 0 radical (unpaired) electrons. The van der Waals surface area contributed by atoms with Crippen LogP contribution in [0.5, 0.6) is 0 Å². The molecular formula is C14H6O8S2-2. The van der Waals surface area contributed by atoms with Gasteiger partial charge in [-0.25, -0.2) is 16.8 Å². The van der Waals surface area contributed by atoms with Gasteiger partial charge in [-0.05, 0) is 12.1 Å². The highest BCUT2D eigenvalue weighted by atomic mass is 32.2. The van der Waals surface area contributed by atoms with E-state index in [4.69, 9.17) is 0 Å². The first kappa shape index (κ1) is 16.5. The summed E-state index contributed by atoms with van der Waals surface area (Å²) in [5, 5.41) is 0. The quantitative estimate of drug-likeness (QED) is 0.587. The van der Waals surface area contributed by atoms with E-state index in [2.05, 4.69) is 0 Å². The van der Waals surface area contributed by atoms with E-state index >= 15 is 0 Å². The predicted molar refractivity (Wildman–Crippen MR) is 75.7 cm³/mol. The molecule has 0 fully saturated rings. The van der Waals surface area contributed by atoms with Gasteiger partial charge in [0.2, 0.25) is 0 Å². The Kier molecular flexibility index (Phi) is 3.46. The molecule has 24 heavy (non-hydrogen) atoms. The molecule has 0 aliphatic heterocycles. The predicted octanol–water partition coefficient (Wildman–Crippen LogP) is 0.270. The monoisotopic (exact) mass is 366 g/mol. The van der Waals surface area contributed by atoms with E-state index in [0.29, 0.717) is 0 Å². The third-order valence-corrected chi connectivity index (χ3v) is 5.29. The van der Waals surface area contributed by atoms with Crippen molar-refractivity contribution in [2.45, 2.75) is 9.79 Å². The van der Waals surface area contributed by atoms with Gasteiger partial charge in [-0.2, -0.15) is 0 Å². The summed E-state index contributed by atoms with van der Waals surface area (Å²) < 4.78 is 68.0. The maximum absolute atomic E-state index is 12.5. The Morgan fingerprint density at radius 2 is 0.958 bits per heavy atom. The van der Waals surface area contributed by atoms with Crippen LogP contribution >= 0.6 is 0 Å². The summed E-state index contributed by atoms with van der Waals surface area (Å²) in [6.45, 7) is 0. The van der Waals surface area contributed by atoms with Crippen LogP contribution in [0.1, 0.15) is 31.8 Å². The maximum atomic E-state index is 12.5. The van der Waals surface area contributed by atoms with Gasteiger partial charge in [-0.3, -0.25) is 9.59 Å². The Balaban J connectivity index is 2.44. The fourth-order valence-electron chi connectivity index (χ4n) is 2.60. The molecule has 3 rings (SSSR count). The summed E-state index contributed by atoms with van der Waals surface area (Å²) in [7, 11) is -10.1. The van der Waals surface area contributed by atoms with Gasteiger partial charge >= 0.3 is 0 Å². The molecule has 2 aromatic rings. The van der Waals surface area contributed by atoms with Gasteiger partial charge in [0.1, 0.15) is 20.2 Å². The van der Waals surface area contributed by atoms with Gasteiger partial charge in [-0.1, -0.05) is 24.3 Å². The molecule has 0 unspecified atom stereocenters. The molecule has 2 aromatic carbocycles. The van der Waals surface area contributed by atoms with Crippen molar-refractivity contribution in [3.63, 3.8) is 0 Å². The highest BCUT2D eigenvalue weighted by molar-refractivity contribution is 7.86. The van der Waals surface area contributed by atoms with Gasteiger partial charge in [0, 0.05) is 11.1 Å². The highest BCUT2D eigenvalue weighted by Gasteiger charge is 2.35. The van der Waals surface area contributed by atoms with Crippen molar-refractivity contribution in [1.82, 2.24) is 0 Å². The van der Waals surface area contributed by atoms with Crippen molar-refractivity contribution in [3.8, 4) is 0 Å². The van der Waals surface area contributed by atoms with Crippen LogP contribution in [0.15, 0.2) is 46.2 Å². The zero-order chi connectivity index (χ0) is 17.9. The third-order valence-electron chi connectivity index (χ3n) is 3.53. The van der Waals surface area contributed by atoms with Crippen LogP contribution in [0.25, 0.3) is 0 Å². The lowest BCUT2D eigenvalue weighted by Crippen LogP contribution is -2.25. The molecule has 1 aliphatic rings. The van der Waals surface area contributed by atoms with Gasteiger partial charge in [0.05, 0.1) is 20.9 Å². The van der Waals surface area contributed by atoms with E-state index in [1.54, 1.807) is 0 Å². The number of carbonyl (C=O) groups is 2. The van der Waals surface area contributed by atoms with E-state index in [-0.39, 0.29) is 0 Å². The van der Waals surface area contributed by atoms with Crippen LogP contribution in [-0.4, -0.2) is 37.5 Å². The zero-order valence-corrected chi connectivity index (χ0v) is 13.2. The SMILES string of the molecule is O=C1c2cccc(S(=O)(=O)[O-])c2C(=O)c2cccc(S(=O)(=O)[O-])c21. The summed E-state index contributed by atoms with van der Waals surface area (Å²) in [5.74, 6) is -2.03. The normalized spacial score (nSPS) is 14.2. The van der Waals surface area contributed by atoms with E-state index in [1.165, 1.54) is 0 Å². The summed E-state index contributed by atoms with van der Waals surface area (Å²) in [4.78, 5) is 23.3. The van der Waals surface area contributed by atoms with Crippen LogP contribution < -0.4 is 0 Å². The van der Waals surface area contributed by atoms with E-state index in [9.17, 15) is 35.5 Å². The molecule has 1 aliphatic carbocycles. The largest absolute Gasteiger partial charge is 0.744 e. The number of carbonyl (C=O) groups excluding carboxylic acids is 2. The lowest BCUT2D eigenvalue weighted by Gasteiger charge is -2.23. The fourth-order valence-corrected chi connectivity index (χ4v) is 3.99. The Bertz CT molecular complexity index is 1040. The lowest BCUT2D eigenvalue weighted by atomic mass is 9.84. The van der Waals surface area contributed by atoms with E-state index in [0.717, 1.165) is 36.4 Å². The first-order valence-electron chi connectivity index (χ1n) is 6.30. The molecule has 0 saturated carbocycles. The van der Waals surface area contributed by atoms with Gasteiger partial charge < -0.3 is 9.11 Å². The van der Waals surface area contributed by atoms with Gasteiger partial charge in [0.15, 0.2) is 11.6 Å². The number of hydrogen-bond acceptors (Lipinski definition) is 8. The summed E-state index contributed by atoms with van der Waals surface area (Å²) in [6.07, 6.45) is 0. The number of fused-ring (bicyclic) bond motifs is 2. The Labute approximate surface area is 136 Å². The standard InChI is InChI=1S/C14H8O8S2/c15-13-7-3-1-5-9(23(17,18)19)11(7)14(16)8-4-2-6-10(12(8)13)24(20,21)22/h1-6H,(H,17,18,19)(H,20,21,22)/p-2. The van der Waals surface area contributed by atoms with Crippen molar-refractivity contribution in [2.75, 3.05) is 0 Å². The second-order valence-electron chi connectivity index (χ2n) is 4.92. The number of rotatable bonds is 2. The molecule has 124 valence electrons. The molecule has 0 saturated heterocycles. The minimum Gasteiger partial charge on any atom is -0.744 e. The Hall–Kier alpha value is -2.40. The van der Waals surface area contributed by atoms with Crippen molar-refractivity contribution in [2.24, 2.45) is 0 Å². The first-order chi connectivity index (χ1) is 11.0. The second-order valence-corrected chi connectivity index (χ2v) is 7.62. The second kappa shape index (κ2) is 5.05. The molecule has 0 amide bonds. The van der Waals surface area contributed by atoms with Crippen LogP contribution in [0, 0.1) is 0 Å². The zero-order valence-electron chi connectivity index (χ0n) is 11.5. The molecule has 0 bridgehead atoms. The minimum atomic E-state index is -5.04. The molecule has 8 nitrogen and oxygen atoms in total. The van der Waals surface area contributed by atoms with E-state index in [1.807, 2.05) is 0 Å². The van der Waals surface area contributed by atoms with Crippen molar-refractivity contribution in [3.05, 3.63) is 58.7 Å². The summed E-state index contributed by atoms with van der Waals surface area (Å²) >= 11 is 0. The molecule has 0 spiro atoms. The van der Waals surface area contributed by atoms with Crippen molar-refractivity contribution in [1.29, 1.82) is 0 Å². The van der Waals surface area contributed by atoms with Gasteiger partial charge in [-0.15, -0.1) is 0 Å². The van der Waals surface area contributed by atoms with E-state index < -0.39 is 63.8 Å². The van der Waals surface area contributed by atoms with Crippen molar-refractivity contribution < 1.29 is 35.5 Å². The smallest absolute Gasteiger partial charge is 0.195 e. The fraction of sp³-hybridized carbons (Fsp3) is 0. The Morgan fingerprint density at radius 3 is 1.25 bits per heavy atom. The van der Waals surface area contributed by atoms with Gasteiger partial charge in [0.25, 0.3) is 0 Å². The number of hydrogen-bond donors (Lipinski definition) is 0. The molecule has 0 aromatic heterocycles. The molecular weight excluding hydrogens is 360 g/mol. The summed E-state index contributed by atoms with van der Waals surface area (Å²) in [5.41, 5.74) is -2.13.